The first-order valence-electron chi connectivity index (χ1n) is 10.9. The highest BCUT2D eigenvalue weighted by Gasteiger charge is 2.22. The number of carbonyl (C=O) groups excluding carboxylic acids is 1. The molecule has 1 fully saturated rings. The molecule has 0 atom stereocenters. The molecule has 1 saturated heterocycles. The molecule has 7 nitrogen and oxygen atoms in total. The molecular weight excluding hydrogens is 414 g/mol. The zero-order valence-electron chi connectivity index (χ0n) is 18.8. The average molecular weight is 442 g/mol. The fourth-order valence-corrected chi connectivity index (χ4v) is 3.77. The standard InChI is InChI=1S/C26H27N5O2/c1-4-20-7-6-19(13-21(20)5-2)16-28-26(32)23-14-24(22-12-18(3)15-27-17-22)29-30-25(23)31-8-10-33-11-9-31/h4-7,12-15,17H,1-2,8-11,16H2,3H3,(H,28,32). The lowest BCUT2D eigenvalue weighted by Gasteiger charge is -2.28. The molecular formula is C26H27N5O2. The van der Waals surface area contributed by atoms with Gasteiger partial charge >= 0.3 is 0 Å². The lowest BCUT2D eigenvalue weighted by Crippen LogP contribution is -2.38. The summed E-state index contributed by atoms with van der Waals surface area (Å²) in [4.78, 5) is 19.6. The Morgan fingerprint density at radius 2 is 1.88 bits per heavy atom. The van der Waals surface area contributed by atoms with Crippen molar-refractivity contribution in [3.63, 3.8) is 0 Å². The number of ether oxygens (including phenoxy) is 1. The molecule has 0 aliphatic carbocycles. The van der Waals surface area contributed by atoms with E-state index in [1.807, 2.05) is 36.1 Å². The normalized spacial score (nSPS) is 13.4. The Kier molecular flexibility index (Phi) is 6.90. The number of anilines is 1. The van der Waals surface area contributed by atoms with Gasteiger partial charge in [-0.05, 0) is 47.4 Å². The summed E-state index contributed by atoms with van der Waals surface area (Å²) in [6, 6.07) is 9.72. The van der Waals surface area contributed by atoms with Crippen molar-refractivity contribution in [2.24, 2.45) is 0 Å². The number of morpholine rings is 1. The molecule has 3 heterocycles. The molecule has 168 valence electrons. The Bertz CT molecular complexity index is 1190. The molecule has 4 rings (SSSR count). The SMILES string of the molecule is C=Cc1ccc(CNC(=O)c2cc(-c3cncc(C)c3)nnc2N2CCOCC2)cc1C=C. The Morgan fingerprint density at radius 1 is 1.09 bits per heavy atom. The summed E-state index contributed by atoms with van der Waals surface area (Å²) in [6.07, 6.45) is 7.08. The minimum Gasteiger partial charge on any atom is -0.378 e. The fourth-order valence-electron chi connectivity index (χ4n) is 3.77. The van der Waals surface area contributed by atoms with E-state index in [2.05, 4.69) is 33.7 Å². The highest BCUT2D eigenvalue weighted by molar-refractivity contribution is 5.99. The van der Waals surface area contributed by atoms with Crippen LogP contribution < -0.4 is 10.2 Å². The summed E-state index contributed by atoms with van der Waals surface area (Å²) in [7, 11) is 0. The van der Waals surface area contributed by atoms with Gasteiger partial charge in [0.05, 0.1) is 24.5 Å². The second-order valence-corrected chi connectivity index (χ2v) is 7.87. The van der Waals surface area contributed by atoms with Crippen LogP contribution in [0, 0.1) is 6.92 Å². The molecule has 1 amide bonds. The van der Waals surface area contributed by atoms with E-state index >= 15 is 0 Å². The highest BCUT2D eigenvalue weighted by atomic mass is 16.5. The third-order valence-electron chi connectivity index (χ3n) is 5.54. The van der Waals surface area contributed by atoms with E-state index in [0.717, 1.165) is 27.8 Å². The number of benzene rings is 1. The lowest BCUT2D eigenvalue weighted by atomic mass is 10.0. The van der Waals surface area contributed by atoms with Crippen LogP contribution in [0.15, 0.2) is 55.9 Å². The van der Waals surface area contributed by atoms with E-state index in [9.17, 15) is 4.79 Å². The smallest absolute Gasteiger partial charge is 0.255 e. The van der Waals surface area contributed by atoms with Crippen molar-refractivity contribution in [2.45, 2.75) is 13.5 Å². The van der Waals surface area contributed by atoms with Gasteiger partial charge in [-0.1, -0.05) is 37.4 Å². The maximum absolute atomic E-state index is 13.3. The van der Waals surface area contributed by atoms with Crippen molar-refractivity contribution < 1.29 is 9.53 Å². The zero-order chi connectivity index (χ0) is 23.2. The zero-order valence-corrected chi connectivity index (χ0v) is 18.8. The third kappa shape index (κ3) is 5.15. The number of pyridine rings is 1. The van der Waals surface area contributed by atoms with Crippen molar-refractivity contribution in [3.8, 4) is 11.3 Å². The Morgan fingerprint density at radius 3 is 2.61 bits per heavy atom. The van der Waals surface area contributed by atoms with Crippen LogP contribution in [0.1, 0.15) is 32.6 Å². The minimum absolute atomic E-state index is 0.207. The van der Waals surface area contributed by atoms with E-state index < -0.39 is 0 Å². The van der Waals surface area contributed by atoms with Crippen LogP contribution in [0.3, 0.4) is 0 Å². The van der Waals surface area contributed by atoms with Gasteiger partial charge in [-0.2, -0.15) is 0 Å². The third-order valence-corrected chi connectivity index (χ3v) is 5.54. The molecule has 0 saturated carbocycles. The summed E-state index contributed by atoms with van der Waals surface area (Å²) in [5.74, 6) is 0.357. The Balaban J connectivity index is 1.63. The van der Waals surface area contributed by atoms with Gasteiger partial charge in [0, 0.05) is 37.6 Å². The molecule has 1 aliphatic heterocycles. The number of aryl methyl sites for hydroxylation is 1. The van der Waals surface area contributed by atoms with Crippen LogP contribution in [-0.2, 0) is 11.3 Å². The van der Waals surface area contributed by atoms with Gasteiger partial charge in [-0.15, -0.1) is 10.2 Å². The summed E-state index contributed by atoms with van der Waals surface area (Å²) in [5, 5.41) is 11.9. The monoisotopic (exact) mass is 441 g/mol. The molecule has 1 N–H and O–H groups in total. The van der Waals surface area contributed by atoms with E-state index in [-0.39, 0.29) is 5.91 Å². The van der Waals surface area contributed by atoms with Crippen LogP contribution in [-0.4, -0.2) is 47.4 Å². The molecule has 0 bridgehead atoms. The fraction of sp³-hybridized carbons (Fsp3) is 0.231. The quantitative estimate of drug-likeness (QED) is 0.599. The molecule has 7 heteroatoms. The van der Waals surface area contributed by atoms with Crippen LogP contribution in [0.2, 0.25) is 0 Å². The van der Waals surface area contributed by atoms with E-state index in [1.165, 1.54) is 0 Å². The Labute approximate surface area is 193 Å². The summed E-state index contributed by atoms with van der Waals surface area (Å²) < 4.78 is 5.46. The number of hydrogen-bond donors (Lipinski definition) is 1. The predicted octanol–water partition coefficient (Wildman–Crippen LogP) is 3.90. The maximum atomic E-state index is 13.3. The van der Waals surface area contributed by atoms with Crippen LogP contribution in [0.25, 0.3) is 23.4 Å². The first-order chi connectivity index (χ1) is 16.1. The molecule has 1 aliphatic rings. The number of carbonyl (C=O) groups is 1. The molecule has 0 radical (unpaired) electrons. The highest BCUT2D eigenvalue weighted by Crippen LogP contribution is 2.24. The van der Waals surface area contributed by atoms with Crippen molar-refractivity contribution >= 4 is 23.9 Å². The van der Waals surface area contributed by atoms with Crippen molar-refractivity contribution in [2.75, 3.05) is 31.2 Å². The van der Waals surface area contributed by atoms with Crippen molar-refractivity contribution in [1.82, 2.24) is 20.5 Å². The lowest BCUT2D eigenvalue weighted by molar-refractivity contribution is 0.0948. The van der Waals surface area contributed by atoms with Gasteiger partial charge in [0.1, 0.15) is 0 Å². The number of amides is 1. The number of nitrogens with one attached hydrogen (secondary N) is 1. The molecule has 2 aromatic heterocycles. The summed E-state index contributed by atoms with van der Waals surface area (Å²) >= 11 is 0. The minimum atomic E-state index is -0.207. The molecule has 1 aromatic carbocycles. The number of rotatable bonds is 7. The summed E-state index contributed by atoms with van der Waals surface area (Å²) in [5.41, 5.74) is 5.88. The molecule has 0 spiro atoms. The number of hydrogen-bond acceptors (Lipinski definition) is 6. The van der Waals surface area contributed by atoms with Crippen molar-refractivity contribution in [3.05, 3.63) is 83.7 Å². The number of nitrogens with zero attached hydrogens (tertiary/aromatic N) is 4. The van der Waals surface area contributed by atoms with Crippen LogP contribution >= 0.6 is 0 Å². The second-order valence-electron chi connectivity index (χ2n) is 7.87. The van der Waals surface area contributed by atoms with Crippen molar-refractivity contribution in [1.29, 1.82) is 0 Å². The summed E-state index contributed by atoms with van der Waals surface area (Å²) in [6.45, 7) is 12.5. The van der Waals surface area contributed by atoms with Gasteiger partial charge in [0.2, 0.25) is 0 Å². The largest absolute Gasteiger partial charge is 0.378 e. The van der Waals surface area contributed by atoms with E-state index in [4.69, 9.17) is 4.74 Å². The van der Waals surface area contributed by atoms with Gasteiger partial charge in [-0.25, -0.2) is 0 Å². The maximum Gasteiger partial charge on any atom is 0.255 e. The number of aromatic nitrogens is 3. The topological polar surface area (TPSA) is 80.2 Å². The van der Waals surface area contributed by atoms with Crippen LogP contribution in [0.5, 0.6) is 0 Å². The predicted molar refractivity (Wildman–Crippen MR) is 131 cm³/mol. The van der Waals surface area contributed by atoms with Gasteiger partial charge < -0.3 is 15.0 Å². The Hall–Kier alpha value is -3.84. The molecule has 3 aromatic rings. The van der Waals surface area contributed by atoms with Gasteiger partial charge in [-0.3, -0.25) is 9.78 Å². The molecule has 0 unspecified atom stereocenters. The van der Waals surface area contributed by atoms with Gasteiger partial charge in [0.15, 0.2) is 5.82 Å². The first-order valence-corrected chi connectivity index (χ1v) is 10.9. The average Bonchev–Trinajstić information content (AvgIpc) is 2.87. The molecule has 33 heavy (non-hydrogen) atoms. The van der Waals surface area contributed by atoms with Gasteiger partial charge in [0.25, 0.3) is 5.91 Å². The van der Waals surface area contributed by atoms with E-state index in [0.29, 0.717) is 49.9 Å². The second kappa shape index (κ2) is 10.2. The first kappa shape index (κ1) is 22.4. The van der Waals surface area contributed by atoms with Crippen LogP contribution in [0.4, 0.5) is 5.82 Å². The van der Waals surface area contributed by atoms with E-state index in [1.54, 1.807) is 30.6 Å².